The largest absolute Gasteiger partial charge is 0.342 e. The van der Waals surface area contributed by atoms with Crippen molar-refractivity contribution in [2.24, 2.45) is 0 Å². The van der Waals surface area contributed by atoms with Gasteiger partial charge in [-0.3, -0.25) is 4.79 Å². The van der Waals surface area contributed by atoms with Crippen molar-refractivity contribution in [3.05, 3.63) is 79.9 Å². The van der Waals surface area contributed by atoms with E-state index in [0.29, 0.717) is 5.02 Å². The standard InChI is InChI=1S/C17H13ClN2OS2/c18-14-3-1-12(2-4-14)17(13-7-8-22-9-13)20-16(21)6-5-15-10-23-11-19-15/h1-11,17H,(H,20,21). The predicted molar refractivity (Wildman–Crippen MR) is 96.9 cm³/mol. The highest BCUT2D eigenvalue weighted by Crippen LogP contribution is 2.25. The van der Waals surface area contributed by atoms with E-state index in [0.717, 1.165) is 16.8 Å². The molecule has 0 saturated heterocycles. The van der Waals surface area contributed by atoms with Gasteiger partial charge in [0.1, 0.15) is 0 Å². The van der Waals surface area contributed by atoms with Crippen LogP contribution >= 0.6 is 34.3 Å². The monoisotopic (exact) mass is 360 g/mol. The third-order valence-corrected chi connectivity index (χ3v) is 4.78. The van der Waals surface area contributed by atoms with Gasteiger partial charge in [0.05, 0.1) is 17.2 Å². The topological polar surface area (TPSA) is 42.0 Å². The van der Waals surface area contributed by atoms with Crippen molar-refractivity contribution < 1.29 is 4.79 Å². The van der Waals surface area contributed by atoms with Gasteiger partial charge in [0.2, 0.25) is 5.91 Å². The second kappa shape index (κ2) is 7.55. The number of carbonyl (C=O) groups excluding carboxylic acids is 1. The molecule has 0 aliphatic heterocycles. The summed E-state index contributed by atoms with van der Waals surface area (Å²) in [7, 11) is 0. The minimum atomic E-state index is -0.203. The molecule has 0 saturated carbocycles. The smallest absolute Gasteiger partial charge is 0.244 e. The van der Waals surface area contributed by atoms with E-state index in [2.05, 4.69) is 10.3 Å². The molecule has 23 heavy (non-hydrogen) atoms. The molecule has 1 aromatic carbocycles. The lowest BCUT2D eigenvalue weighted by Crippen LogP contribution is -2.27. The summed E-state index contributed by atoms with van der Waals surface area (Å²) in [6.07, 6.45) is 3.21. The Morgan fingerprint density at radius 3 is 2.61 bits per heavy atom. The van der Waals surface area contributed by atoms with Gasteiger partial charge in [-0.05, 0) is 46.2 Å². The van der Waals surface area contributed by atoms with Crippen LogP contribution < -0.4 is 5.32 Å². The van der Waals surface area contributed by atoms with Crippen LogP contribution in [-0.2, 0) is 4.79 Å². The van der Waals surface area contributed by atoms with Gasteiger partial charge >= 0.3 is 0 Å². The van der Waals surface area contributed by atoms with Crippen LogP contribution in [0.25, 0.3) is 6.08 Å². The molecule has 3 nitrogen and oxygen atoms in total. The summed E-state index contributed by atoms with van der Waals surface area (Å²) < 4.78 is 0. The molecule has 116 valence electrons. The summed E-state index contributed by atoms with van der Waals surface area (Å²) in [4.78, 5) is 16.4. The lowest BCUT2D eigenvalue weighted by Gasteiger charge is -2.17. The predicted octanol–water partition coefficient (Wildman–Crippen LogP) is 4.78. The number of hydrogen-bond acceptors (Lipinski definition) is 4. The minimum absolute atomic E-state index is 0.163. The van der Waals surface area contributed by atoms with Crippen LogP contribution in [-0.4, -0.2) is 10.9 Å². The van der Waals surface area contributed by atoms with E-state index in [1.165, 1.54) is 17.4 Å². The van der Waals surface area contributed by atoms with Crippen LogP contribution in [0.3, 0.4) is 0 Å². The van der Waals surface area contributed by atoms with E-state index >= 15 is 0 Å². The quantitative estimate of drug-likeness (QED) is 0.665. The zero-order chi connectivity index (χ0) is 16.1. The van der Waals surface area contributed by atoms with Gasteiger partial charge in [0.25, 0.3) is 0 Å². The highest BCUT2D eigenvalue weighted by atomic mass is 35.5. The van der Waals surface area contributed by atoms with E-state index in [9.17, 15) is 4.79 Å². The molecule has 6 heteroatoms. The fraction of sp³-hybridized carbons (Fsp3) is 0.0588. The van der Waals surface area contributed by atoms with Gasteiger partial charge in [-0.2, -0.15) is 11.3 Å². The van der Waals surface area contributed by atoms with Crippen LogP contribution in [0.1, 0.15) is 22.9 Å². The summed E-state index contributed by atoms with van der Waals surface area (Å²) in [5, 5.41) is 9.62. The Bertz CT molecular complexity index is 781. The third-order valence-electron chi connectivity index (χ3n) is 3.22. The second-order valence-corrected chi connectivity index (χ2v) is 6.73. The number of benzene rings is 1. The van der Waals surface area contributed by atoms with E-state index < -0.39 is 0 Å². The van der Waals surface area contributed by atoms with E-state index in [1.54, 1.807) is 22.9 Å². The lowest BCUT2D eigenvalue weighted by molar-refractivity contribution is -0.116. The minimum Gasteiger partial charge on any atom is -0.342 e. The first kappa shape index (κ1) is 15.9. The zero-order valence-electron chi connectivity index (χ0n) is 12.0. The molecule has 1 unspecified atom stereocenters. The van der Waals surface area contributed by atoms with Gasteiger partial charge in [-0.1, -0.05) is 23.7 Å². The molecule has 0 fully saturated rings. The first-order chi connectivity index (χ1) is 11.2. The molecule has 0 spiro atoms. The lowest BCUT2D eigenvalue weighted by atomic mass is 10.0. The number of amides is 1. The molecular formula is C17H13ClN2OS2. The first-order valence-corrected chi connectivity index (χ1v) is 9.13. The van der Waals surface area contributed by atoms with E-state index in [4.69, 9.17) is 11.6 Å². The van der Waals surface area contributed by atoms with Crippen LogP contribution in [0.2, 0.25) is 5.02 Å². The van der Waals surface area contributed by atoms with Crippen molar-refractivity contribution in [1.29, 1.82) is 0 Å². The van der Waals surface area contributed by atoms with Crippen molar-refractivity contribution in [3.8, 4) is 0 Å². The summed E-state index contributed by atoms with van der Waals surface area (Å²) in [6, 6.07) is 9.31. The zero-order valence-corrected chi connectivity index (χ0v) is 14.4. The molecule has 0 bridgehead atoms. The SMILES string of the molecule is O=C(C=Cc1cscn1)NC(c1ccc(Cl)cc1)c1ccsc1. The van der Waals surface area contributed by atoms with Gasteiger partial charge < -0.3 is 5.32 Å². The molecule has 0 aliphatic carbocycles. The van der Waals surface area contributed by atoms with Crippen molar-refractivity contribution in [2.45, 2.75) is 6.04 Å². The maximum atomic E-state index is 12.2. The number of halogens is 1. The first-order valence-electron chi connectivity index (χ1n) is 6.87. The Labute approximate surface area is 147 Å². The summed E-state index contributed by atoms with van der Waals surface area (Å²) in [5.74, 6) is -0.163. The Kier molecular flexibility index (Phi) is 5.23. The Hall–Kier alpha value is -1.95. The molecule has 3 aromatic rings. The highest BCUT2D eigenvalue weighted by Gasteiger charge is 2.16. The number of aromatic nitrogens is 1. The van der Waals surface area contributed by atoms with Gasteiger partial charge in [-0.15, -0.1) is 11.3 Å². The number of hydrogen-bond donors (Lipinski definition) is 1. The number of carbonyl (C=O) groups is 1. The van der Waals surface area contributed by atoms with Crippen molar-refractivity contribution in [1.82, 2.24) is 10.3 Å². The highest BCUT2D eigenvalue weighted by molar-refractivity contribution is 7.08. The van der Waals surface area contributed by atoms with Crippen molar-refractivity contribution in [2.75, 3.05) is 0 Å². The summed E-state index contributed by atoms with van der Waals surface area (Å²) in [5.41, 5.74) is 4.55. The number of rotatable bonds is 5. The summed E-state index contributed by atoms with van der Waals surface area (Å²) >= 11 is 9.05. The van der Waals surface area contributed by atoms with Crippen molar-refractivity contribution in [3.63, 3.8) is 0 Å². The van der Waals surface area contributed by atoms with Gasteiger partial charge in [0, 0.05) is 16.5 Å². The fourth-order valence-corrected chi connectivity index (χ4v) is 3.44. The second-order valence-electron chi connectivity index (χ2n) is 4.80. The van der Waals surface area contributed by atoms with E-state index in [1.807, 2.05) is 46.5 Å². The van der Waals surface area contributed by atoms with Gasteiger partial charge in [-0.25, -0.2) is 4.98 Å². The van der Waals surface area contributed by atoms with Crippen LogP contribution in [0, 0.1) is 0 Å². The Morgan fingerprint density at radius 2 is 1.96 bits per heavy atom. The Morgan fingerprint density at radius 1 is 1.13 bits per heavy atom. The van der Waals surface area contributed by atoms with Crippen LogP contribution in [0.4, 0.5) is 0 Å². The number of thiophene rings is 1. The Balaban J connectivity index is 1.79. The number of thiazole rings is 1. The number of nitrogens with one attached hydrogen (secondary N) is 1. The van der Waals surface area contributed by atoms with Gasteiger partial charge in [0.15, 0.2) is 0 Å². The molecule has 3 rings (SSSR count). The fourth-order valence-electron chi connectivity index (χ4n) is 2.11. The molecule has 1 N–H and O–H groups in total. The normalized spacial score (nSPS) is 12.4. The van der Waals surface area contributed by atoms with Crippen molar-refractivity contribution >= 4 is 46.3 Å². The van der Waals surface area contributed by atoms with Crippen LogP contribution in [0.15, 0.2) is 58.1 Å². The molecule has 2 heterocycles. The molecule has 1 atom stereocenters. The summed E-state index contributed by atoms with van der Waals surface area (Å²) in [6.45, 7) is 0. The van der Waals surface area contributed by atoms with Crippen LogP contribution in [0.5, 0.6) is 0 Å². The average molecular weight is 361 g/mol. The molecular weight excluding hydrogens is 348 g/mol. The maximum absolute atomic E-state index is 12.2. The molecule has 0 aliphatic rings. The average Bonchev–Trinajstić information content (AvgIpc) is 3.25. The van der Waals surface area contributed by atoms with E-state index in [-0.39, 0.29) is 11.9 Å². The molecule has 2 aromatic heterocycles. The number of nitrogens with zero attached hydrogens (tertiary/aromatic N) is 1. The molecule has 0 radical (unpaired) electrons. The molecule has 1 amide bonds. The third kappa shape index (κ3) is 4.28. The maximum Gasteiger partial charge on any atom is 0.244 e.